The van der Waals surface area contributed by atoms with Crippen LogP contribution in [0.3, 0.4) is 0 Å². The number of piperidine rings is 1. The molecule has 106 valence electrons. The number of aliphatic imine (C=N–C) groups is 1. The maximum absolute atomic E-state index is 11.4. The van der Waals surface area contributed by atoms with Gasteiger partial charge in [-0.2, -0.15) is 0 Å². The van der Waals surface area contributed by atoms with Crippen LogP contribution in [-0.2, 0) is 4.79 Å². The van der Waals surface area contributed by atoms with Crippen molar-refractivity contribution < 1.29 is 4.79 Å². The van der Waals surface area contributed by atoms with Crippen LogP contribution in [0.2, 0.25) is 0 Å². The van der Waals surface area contributed by atoms with E-state index in [1.165, 1.54) is 0 Å². The number of amides is 1. The Kier molecular flexibility index (Phi) is 14.8. The molecule has 0 saturated carbocycles. The Morgan fingerprint density at radius 1 is 1.50 bits per heavy atom. The Morgan fingerprint density at radius 3 is 2.44 bits per heavy atom. The van der Waals surface area contributed by atoms with Crippen molar-refractivity contribution >= 4 is 11.6 Å². The highest BCUT2D eigenvalue weighted by Gasteiger charge is 2.15. The van der Waals surface area contributed by atoms with Gasteiger partial charge in [0.15, 0.2) is 0 Å². The molecule has 1 rings (SSSR count). The Balaban J connectivity index is 0. The summed E-state index contributed by atoms with van der Waals surface area (Å²) in [6, 6.07) is 0.276. The highest BCUT2D eigenvalue weighted by molar-refractivity contribution is 6.37. The minimum Gasteiger partial charge on any atom is -0.347 e. The minimum absolute atomic E-state index is 0.0452. The van der Waals surface area contributed by atoms with Crippen LogP contribution in [0.25, 0.3) is 0 Å². The molecule has 1 saturated heterocycles. The van der Waals surface area contributed by atoms with Gasteiger partial charge < -0.3 is 10.6 Å². The molecular weight excluding hydrogens is 226 g/mol. The maximum atomic E-state index is 11.4. The van der Waals surface area contributed by atoms with Crippen molar-refractivity contribution in [3.8, 4) is 0 Å². The summed E-state index contributed by atoms with van der Waals surface area (Å²) >= 11 is 0. The Labute approximate surface area is 112 Å². The van der Waals surface area contributed by atoms with Gasteiger partial charge >= 0.3 is 0 Å². The molecule has 1 atom stereocenters. The number of nitrogens with zero attached hydrogens (tertiary/aromatic N) is 1. The lowest BCUT2D eigenvalue weighted by atomic mass is 10.1. The fraction of sp³-hybridized carbons (Fsp3) is 0.714. The third kappa shape index (κ3) is 10.0. The van der Waals surface area contributed by atoms with E-state index in [2.05, 4.69) is 22.2 Å². The molecule has 1 aliphatic heterocycles. The summed E-state index contributed by atoms with van der Waals surface area (Å²) in [4.78, 5) is 15.2. The quantitative estimate of drug-likeness (QED) is 0.587. The molecule has 0 aromatic rings. The molecule has 1 aliphatic rings. The van der Waals surface area contributed by atoms with E-state index in [4.69, 9.17) is 0 Å². The molecular formula is C14H29N3O. The number of allylic oxidation sites excluding steroid dienone is 1. The summed E-state index contributed by atoms with van der Waals surface area (Å²) in [5.74, 6) is -0.0452. The highest BCUT2D eigenvalue weighted by atomic mass is 16.1. The van der Waals surface area contributed by atoms with Crippen LogP contribution in [0.15, 0.2) is 17.6 Å². The zero-order valence-corrected chi connectivity index (χ0v) is 12.5. The van der Waals surface area contributed by atoms with Crippen LogP contribution in [0.1, 0.15) is 40.5 Å². The third-order valence-electron chi connectivity index (χ3n) is 2.30. The second-order valence-electron chi connectivity index (χ2n) is 3.73. The summed E-state index contributed by atoms with van der Waals surface area (Å²) in [6.45, 7) is 12.9. The first-order valence-corrected chi connectivity index (χ1v) is 6.67. The van der Waals surface area contributed by atoms with Crippen molar-refractivity contribution in [2.45, 2.75) is 46.6 Å². The molecule has 0 radical (unpaired) electrons. The van der Waals surface area contributed by atoms with Gasteiger partial charge in [-0.25, -0.2) is 0 Å². The molecule has 1 heterocycles. The van der Waals surface area contributed by atoms with E-state index in [-0.39, 0.29) is 11.9 Å². The standard InChI is InChI=1S/C9H17N3O.C3H6.C2H6/c1-7(10-2)9(13)12-8-4-3-5-11-6-8;1-3-2;1-2/h8,11H,3-6H2,1-2H3,(H,12,13);3H,1H2,2H3;1-2H3/t8-;;/m0../s1. The summed E-state index contributed by atoms with van der Waals surface area (Å²) < 4.78 is 0. The number of nitrogens with one attached hydrogen (secondary N) is 2. The Bertz CT molecular complexity index is 243. The monoisotopic (exact) mass is 255 g/mol. The lowest BCUT2D eigenvalue weighted by Gasteiger charge is -2.23. The average molecular weight is 255 g/mol. The van der Waals surface area contributed by atoms with Crippen LogP contribution < -0.4 is 10.6 Å². The second kappa shape index (κ2) is 13.9. The first kappa shape index (κ1) is 19.2. The minimum atomic E-state index is -0.0452. The molecule has 4 heteroatoms. The largest absolute Gasteiger partial charge is 0.347 e. The maximum Gasteiger partial charge on any atom is 0.265 e. The van der Waals surface area contributed by atoms with E-state index in [1.54, 1.807) is 20.0 Å². The number of rotatable bonds is 2. The zero-order valence-electron chi connectivity index (χ0n) is 12.5. The normalized spacial score (nSPS) is 18.5. The summed E-state index contributed by atoms with van der Waals surface area (Å²) in [6.07, 6.45) is 3.95. The molecule has 18 heavy (non-hydrogen) atoms. The number of hydrogen-bond acceptors (Lipinski definition) is 3. The smallest absolute Gasteiger partial charge is 0.265 e. The first-order valence-electron chi connectivity index (χ1n) is 6.67. The van der Waals surface area contributed by atoms with Crippen molar-refractivity contribution in [2.75, 3.05) is 20.1 Å². The van der Waals surface area contributed by atoms with Gasteiger partial charge in [-0.3, -0.25) is 9.79 Å². The van der Waals surface area contributed by atoms with Gasteiger partial charge in [0, 0.05) is 19.6 Å². The molecule has 1 fully saturated rings. The first-order chi connectivity index (χ1) is 8.65. The SMILES string of the molecule is C=CC.CC.CN=C(C)C(=O)N[C@H]1CCCNC1. The Hall–Kier alpha value is -1.16. The van der Waals surface area contributed by atoms with Crippen LogP contribution in [0.4, 0.5) is 0 Å². The van der Waals surface area contributed by atoms with Crippen molar-refractivity contribution in [1.29, 1.82) is 0 Å². The van der Waals surface area contributed by atoms with Crippen LogP contribution in [-0.4, -0.2) is 37.8 Å². The number of carbonyl (C=O) groups excluding carboxylic acids is 1. The van der Waals surface area contributed by atoms with Crippen LogP contribution in [0.5, 0.6) is 0 Å². The van der Waals surface area contributed by atoms with Crippen molar-refractivity contribution in [1.82, 2.24) is 10.6 Å². The molecule has 0 unspecified atom stereocenters. The Morgan fingerprint density at radius 2 is 2.06 bits per heavy atom. The second-order valence-corrected chi connectivity index (χ2v) is 3.73. The van der Waals surface area contributed by atoms with E-state index in [0.717, 1.165) is 25.9 Å². The molecule has 1 amide bonds. The summed E-state index contributed by atoms with van der Waals surface area (Å²) in [7, 11) is 1.63. The van der Waals surface area contributed by atoms with E-state index >= 15 is 0 Å². The summed E-state index contributed by atoms with van der Waals surface area (Å²) in [5.41, 5.74) is 0.547. The number of carbonyl (C=O) groups is 1. The third-order valence-corrected chi connectivity index (χ3v) is 2.30. The average Bonchev–Trinajstić information content (AvgIpc) is 2.42. The molecule has 4 nitrogen and oxygen atoms in total. The predicted molar refractivity (Wildman–Crippen MR) is 80.3 cm³/mol. The molecule has 0 spiro atoms. The summed E-state index contributed by atoms with van der Waals surface area (Å²) in [5, 5.41) is 6.18. The fourth-order valence-corrected chi connectivity index (χ4v) is 1.37. The van der Waals surface area contributed by atoms with Gasteiger partial charge in [-0.1, -0.05) is 19.9 Å². The van der Waals surface area contributed by atoms with Gasteiger partial charge in [-0.15, -0.1) is 6.58 Å². The van der Waals surface area contributed by atoms with E-state index in [0.29, 0.717) is 5.71 Å². The zero-order chi connectivity index (χ0) is 14.4. The fourth-order valence-electron chi connectivity index (χ4n) is 1.37. The van der Waals surface area contributed by atoms with Crippen LogP contribution in [0, 0.1) is 0 Å². The van der Waals surface area contributed by atoms with E-state index in [1.807, 2.05) is 20.8 Å². The van der Waals surface area contributed by atoms with Gasteiger partial charge in [-0.05, 0) is 33.2 Å². The molecule has 0 aromatic carbocycles. The van der Waals surface area contributed by atoms with Crippen molar-refractivity contribution in [2.24, 2.45) is 4.99 Å². The molecule has 2 N–H and O–H groups in total. The van der Waals surface area contributed by atoms with Crippen molar-refractivity contribution in [3.05, 3.63) is 12.7 Å². The van der Waals surface area contributed by atoms with Gasteiger partial charge in [0.25, 0.3) is 5.91 Å². The van der Waals surface area contributed by atoms with Gasteiger partial charge in [0.2, 0.25) is 0 Å². The van der Waals surface area contributed by atoms with E-state index in [9.17, 15) is 4.79 Å². The van der Waals surface area contributed by atoms with Gasteiger partial charge in [0.05, 0.1) is 5.71 Å². The number of hydrogen-bond donors (Lipinski definition) is 2. The molecule has 0 aliphatic carbocycles. The lowest BCUT2D eigenvalue weighted by Crippen LogP contribution is -2.47. The van der Waals surface area contributed by atoms with Gasteiger partial charge in [0.1, 0.15) is 0 Å². The molecule has 0 aromatic heterocycles. The lowest BCUT2D eigenvalue weighted by molar-refractivity contribution is -0.115. The topological polar surface area (TPSA) is 53.5 Å². The van der Waals surface area contributed by atoms with Crippen LogP contribution >= 0.6 is 0 Å². The highest BCUT2D eigenvalue weighted by Crippen LogP contribution is 2.00. The van der Waals surface area contributed by atoms with E-state index < -0.39 is 0 Å². The molecule has 0 bridgehead atoms. The predicted octanol–water partition coefficient (Wildman–Crippen LogP) is 2.16. The van der Waals surface area contributed by atoms with Crippen molar-refractivity contribution in [3.63, 3.8) is 0 Å².